The van der Waals surface area contributed by atoms with E-state index in [-0.39, 0.29) is 18.6 Å². The number of urea groups is 1. The van der Waals surface area contributed by atoms with Gasteiger partial charge in [-0.3, -0.25) is 4.79 Å². The zero-order valence-electron chi connectivity index (χ0n) is 9.12. The monoisotopic (exact) mass is 214 g/mol. The minimum Gasteiger partial charge on any atom is -0.480 e. The highest BCUT2D eigenvalue weighted by atomic mass is 16.4. The van der Waals surface area contributed by atoms with Crippen LogP contribution in [-0.4, -0.2) is 29.7 Å². The molecule has 1 aliphatic rings. The molecule has 3 atom stereocenters. The lowest BCUT2D eigenvalue weighted by Crippen LogP contribution is -2.45. The Labute approximate surface area is 89.2 Å². The van der Waals surface area contributed by atoms with E-state index in [4.69, 9.17) is 5.11 Å². The molecule has 0 saturated heterocycles. The van der Waals surface area contributed by atoms with Crippen molar-refractivity contribution in [3.63, 3.8) is 0 Å². The maximum Gasteiger partial charge on any atom is 0.323 e. The summed E-state index contributed by atoms with van der Waals surface area (Å²) in [5.41, 5.74) is 0. The predicted molar refractivity (Wildman–Crippen MR) is 55.5 cm³/mol. The summed E-state index contributed by atoms with van der Waals surface area (Å²) in [6.45, 7) is 3.95. The van der Waals surface area contributed by atoms with Crippen LogP contribution in [0.15, 0.2) is 0 Å². The minimum atomic E-state index is -1.03. The molecule has 2 amide bonds. The molecule has 15 heavy (non-hydrogen) atoms. The van der Waals surface area contributed by atoms with Crippen LogP contribution in [0.3, 0.4) is 0 Å². The van der Waals surface area contributed by atoms with Gasteiger partial charge in [0.1, 0.15) is 6.54 Å². The Morgan fingerprint density at radius 2 is 2.00 bits per heavy atom. The zero-order valence-corrected chi connectivity index (χ0v) is 9.12. The summed E-state index contributed by atoms with van der Waals surface area (Å²) in [6.07, 6.45) is 2.09. The highest BCUT2D eigenvalue weighted by Gasteiger charge is 2.30. The molecule has 0 aromatic heterocycles. The van der Waals surface area contributed by atoms with Crippen LogP contribution in [0.4, 0.5) is 4.79 Å². The van der Waals surface area contributed by atoms with Crippen molar-refractivity contribution >= 4 is 12.0 Å². The van der Waals surface area contributed by atoms with Crippen LogP contribution in [0, 0.1) is 11.8 Å². The lowest BCUT2D eigenvalue weighted by atomic mass is 9.98. The summed E-state index contributed by atoms with van der Waals surface area (Å²) in [6, 6.07) is -0.211. The number of carbonyl (C=O) groups excluding carboxylic acids is 1. The highest BCUT2D eigenvalue weighted by Crippen LogP contribution is 2.30. The van der Waals surface area contributed by atoms with Crippen LogP contribution in [0.1, 0.15) is 26.7 Å². The molecule has 1 aliphatic carbocycles. The number of hydrogen-bond donors (Lipinski definition) is 3. The fraction of sp³-hybridized carbons (Fsp3) is 0.800. The second kappa shape index (κ2) is 5.00. The minimum absolute atomic E-state index is 0.175. The summed E-state index contributed by atoms with van der Waals surface area (Å²) in [4.78, 5) is 21.5. The van der Waals surface area contributed by atoms with Crippen LogP contribution >= 0.6 is 0 Å². The molecule has 5 heteroatoms. The summed E-state index contributed by atoms with van der Waals surface area (Å²) in [5, 5.41) is 13.5. The van der Waals surface area contributed by atoms with Gasteiger partial charge in [0.2, 0.25) is 0 Å². The van der Waals surface area contributed by atoms with E-state index >= 15 is 0 Å². The molecule has 86 valence electrons. The number of hydrogen-bond acceptors (Lipinski definition) is 2. The Hall–Kier alpha value is -1.26. The average molecular weight is 214 g/mol. The van der Waals surface area contributed by atoms with Gasteiger partial charge in [0, 0.05) is 6.04 Å². The lowest BCUT2D eigenvalue weighted by molar-refractivity contribution is -0.135. The molecule has 3 unspecified atom stereocenters. The number of carbonyl (C=O) groups is 2. The van der Waals surface area contributed by atoms with Crippen molar-refractivity contribution in [2.45, 2.75) is 32.7 Å². The maximum absolute atomic E-state index is 11.3. The highest BCUT2D eigenvalue weighted by molar-refractivity contribution is 5.80. The first-order valence-electron chi connectivity index (χ1n) is 5.27. The summed E-state index contributed by atoms with van der Waals surface area (Å²) in [7, 11) is 0. The molecule has 0 aromatic carbocycles. The molecule has 3 N–H and O–H groups in total. The van der Waals surface area contributed by atoms with Gasteiger partial charge in [-0.1, -0.05) is 13.8 Å². The first-order valence-corrected chi connectivity index (χ1v) is 5.27. The topological polar surface area (TPSA) is 78.4 Å². The van der Waals surface area contributed by atoms with Gasteiger partial charge in [-0.05, 0) is 24.7 Å². The first-order chi connectivity index (χ1) is 7.00. The van der Waals surface area contributed by atoms with Gasteiger partial charge in [-0.15, -0.1) is 0 Å². The van der Waals surface area contributed by atoms with Crippen LogP contribution in [0.5, 0.6) is 0 Å². The molecular formula is C10H18N2O3. The Morgan fingerprint density at radius 3 is 2.47 bits per heavy atom. The van der Waals surface area contributed by atoms with Crippen LogP contribution in [0.2, 0.25) is 0 Å². The molecule has 0 aliphatic heterocycles. The van der Waals surface area contributed by atoms with Crippen molar-refractivity contribution < 1.29 is 14.7 Å². The van der Waals surface area contributed by atoms with Crippen molar-refractivity contribution in [3.8, 4) is 0 Å². The van der Waals surface area contributed by atoms with Gasteiger partial charge >= 0.3 is 12.0 Å². The normalized spacial score (nSPS) is 29.9. The molecule has 0 aromatic rings. The number of nitrogens with one attached hydrogen (secondary N) is 2. The molecular weight excluding hydrogens is 196 g/mol. The number of amides is 2. The molecule has 0 spiro atoms. The van der Waals surface area contributed by atoms with E-state index in [1.165, 1.54) is 0 Å². The molecule has 1 rings (SSSR count). The Bertz CT molecular complexity index is 255. The van der Waals surface area contributed by atoms with Crippen molar-refractivity contribution in [1.29, 1.82) is 0 Å². The summed E-state index contributed by atoms with van der Waals surface area (Å²) >= 11 is 0. The van der Waals surface area contributed by atoms with Crippen molar-refractivity contribution in [2.24, 2.45) is 11.8 Å². The van der Waals surface area contributed by atoms with Crippen molar-refractivity contribution in [3.05, 3.63) is 0 Å². The summed E-state index contributed by atoms with van der Waals surface area (Å²) in [5.74, 6) is 0.0494. The molecule has 5 nitrogen and oxygen atoms in total. The second-order valence-electron chi connectivity index (χ2n) is 4.24. The van der Waals surface area contributed by atoms with E-state index in [2.05, 4.69) is 24.5 Å². The third-order valence-corrected chi connectivity index (χ3v) is 3.18. The molecule has 0 heterocycles. The molecule has 1 saturated carbocycles. The number of carboxylic acids is 1. The zero-order chi connectivity index (χ0) is 11.4. The smallest absolute Gasteiger partial charge is 0.323 e. The van der Waals surface area contributed by atoms with Gasteiger partial charge < -0.3 is 15.7 Å². The summed E-state index contributed by atoms with van der Waals surface area (Å²) < 4.78 is 0. The van der Waals surface area contributed by atoms with Gasteiger partial charge in [0.05, 0.1) is 0 Å². The molecule has 0 radical (unpaired) electrons. The first kappa shape index (κ1) is 11.8. The number of aliphatic carboxylic acids is 1. The Balaban J connectivity index is 2.29. The SMILES string of the molecule is CC1CCC(NC(=O)NCC(=O)O)C1C. The Kier molecular flexibility index (Phi) is 3.94. The van der Waals surface area contributed by atoms with Crippen LogP contribution < -0.4 is 10.6 Å². The number of rotatable bonds is 3. The standard InChI is InChI=1S/C10H18N2O3/c1-6-3-4-8(7(6)2)12-10(15)11-5-9(13)14/h6-8H,3-5H2,1-2H3,(H,13,14)(H2,11,12,15). The van der Waals surface area contributed by atoms with Crippen LogP contribution in [-0.2, 0) is 4.79 Å². The Morgan fingerprint density at radius 1 is 1.33 bits per heavy atom. The van der Waals surface area contributed by atoms with Crippen LogP contribution in [0.25, 0.3) is 0 Å². The molecule has 1 fully saturated rings. The van der Waals surface area contributed by atoms with E-state index in [9.17, 15) is 9.59 Å². The third-order valence-electron chi connectivity index (χ3n) is 3.18. The van der Waals surface area contributed by atoms with Crippen molar-refractivity contribution in [2.75, 3.05) is 6.54 Å². The van der Waals surface area contributed by atoms with Gasteiger partial charge in [0.25, 0.3) is 0 Å². The van der Waals surface area contributed by atoms with E-state index in [0.29, 0.717) is 11.8 Å². The lowest BCUT2D eigenvalue weighted by Gasteiger charge is -2.19. The second-order valence-corrected chi connectivity index (χ2v) is 4.24. The fourth-order valence-corrected chi connectivity index (χ4v) is 1.94. The molecule has 0 bridgehead atoms. The fourth-order valence-electron chi connectivity index (χ4n) is 1.94. The third kappa shape index (κ3) is 3.42. The van der Waals surface area contributed by atoms with E-state index in [0.717, 1.165) is 12.8 Å². The van der Waals surface area contributed by atoms with E-state index < -0.39 is 5.97 Å². The average Bonchev–Trinajstić information content (AvgIpc) is 2.47. The van der Waals surface area contributed by atoms with Crippen molar-refractivity contribution in [1.82, 2.24) is 10.6 Å². The van der Waals surface area contributed by atoms with Gasteiger partial charge in [-0.2, -0.15) is 0 Å². The van der Waals surface area contributed by atoms with Gasteiger partial charge in [-0.25, -0.2) is 4.79 Å². The predicted octanol–water partition coefficient (Wildman–Crippen LogP) is 0.805. The van der Waals surface area contributed by atoms with E-state index in [1.54, 1.807) is 0 Å². The quantitative estimate of drug-likeness (QED) is 0.650. The maximum atomic E-state index is 11.3. The van der Waals surface area contributed by atoms with E-state index in [1.807, 2.05) is 0 Å². The largest absolute Gasteiger partial charge is 0.480 e. The van der Waals surface area contributed by atoms with Gasteiger partial charge in [0.15, 0.2) is 0 Å². The number of carboxylic acid groups (broad SMARTS) is 1.